The summed E-state index contributed by atoms with van der Waals surface area (Å²) in [6.45, 7) is 5.20. The molecule has 4 nitrogen and oxygen atoms in total. The molecule has 2 amide bonds. The molecular weight excluding hydrogens is 293 g/mol. The maximum absolute atomic E-state index is 13.6. The van der Waals surface area contributed by atoms with Crippen LogP contribution in [-0.2, 0) is 0 Å². The fourth-order valence-corrected chi connectivity index (χ4v) is 2.83. The minimum atomic E-state index is -0.226. The molecule has 0 aromatic heterocycles. The standard InChI is InChI=1S/C18H20FN3O/c1-12-8-14(10-15(19)9-12)13(2)21-16-4-3-5-17(11-16)22-7-6-20-18(22)23/h3-5,8-11,13,21H,6-7H2,1-2H3,(H,20,23). The Morgan fingerprint density at radius 3 is 2.78 bits per heavy atom. The Morgan fingerprint density at radius 2 is 2.09 bits per heavy atom. The van der Waals surface area contributed by atoms with Crippen molar-refractivity contribution in [1.82, 2.24) is 5.32 Å². The first-order chi connectivity index (χ1) is 11.0. The van der Waals surface area contributed by atoms with E-state index in [-0.39, 0.29) is 17.9 Å². The van der Waals surface area contributed by atoms with Crippen molar-refractivity contribution in [1.29, 1.82) is 0 Å². The number of amides is 2. The number of carbonyl (C=O) groups excluding carboxylic acids is 1. The van der Waals surface area contributed by atoms with Gasteiger partial charge in [0.1, 0.15) is 5.82 Å². The number of aryl methyl sites for hydroxylation is 1. The summed E-state index contributed by atoms with van der Waals surface area (Å²) in [5.74, 6) is -0.226. The van der Waals surface area contributed by atoms with Crippen LogP contribution < -0.4 is 15.5 Å². The zero-order valence-corrected chi connectivity index (χ0v) is 13.3. The molecular formula is C18H20FN3O. The molecule has 120 valence electrons. The van der Waals surface area contributed by atoms with Crippen LogP contribution in [-0.4, -0.2) is 19.1 Å². The largest absolute Gasteiger partial charge is 0.378 e. The number of nitrogens with one attached hydrogen (secondary N) is 2. The molecule has 0 saturated carbocycles. The van der Waals surface area contributed by atoms with Crippen molar-refractivity contribution in [3.05, 3.63) is 59.4 Å². The Hall–Kier alpha value is -2.56. The number of anilines is 2. The van der Waals surface area contributed by atoms with Crippen LogP contribution in [0.3, 0.4) is 0 Å². The number of urea groups is 1. The molecule has 0 aliphatic carbocycles. The number of rotatable bonds is 4. The quantitative estimate of drug-likeness (QED) is 0.901. The number of carbonyl (C=O) groups is 1. The van der Waals surface area contributed by atoms with E-state index in [1.54, 1.807) is 11.0 Å². The van der Waals surface area contributed by atoms with Gasteiger partial charge in [0.2, 0.25) is 0 Å². The summed E-state index contributed by atoms with van der Waals surface area (Å²) in [5, 5.41) is 6.16. The van der Waals surface area contributed by atoms with Crippen LogP contribution >= 0.6 is 0 Å². The van der Waals surface area contributed by atoms with Crippen LogP contribution in [0, 0.1) is 12.7 Å². The zero-order valence-electron chi connectivity index (χ0n) is 13.3. The Balaban J connectivity index is 1.78. The first-order valence-electron chi connectivity index (χ1n) is 7.72. The van der Waals surface area contributed by atoms with Crippen LogP contribution in [0.4, 0.5) is 20.6 Å². The van der Waals surface area contributed by atoms with Gasteiger partial charge in [-0.05, 0) is 55.3 Å². The first kappa shape index (κ1) is 15.3. The lowest BCUT2D eigenvalue weighted by atomic mass is 10.0. The molecule has 1 aliphatic rings. The van der Waals surface area contributed by atoms with E-state index < -0.39 is 0 Å². The Labute approximate surface area is 135 Å². The van der Waals surface area contributed by atoms with Crippen molar-refractivity contribution in [2.24, 2.45) is 0 Å². The molecule has 2 aromatic carbocycles. The summed E-state index contributed by atoms with van der Waals surface area (Å²) in [4.78, 5) is 13.5. The molecule has 1 aliphatic heterocycles. The molecule has 1 fully saturated rings. The molecule has 3 rings (SSSR count). The fraction of sp³-hybridized carbons (Fsp3) is 0.278. The summed E-state index contributed by atoms with van der Waals surface area (Å²) in [7, 11) is 0. The lowest BCUT2D eigenvalue weighted by molar-refractivity contribution is 0.252. The summed E-state index contributed by atoms with van der Waals surface area (Å²) < 4.78 is 13.6. The Morgan fingerprint density at radius 1 is 1.26 bits per heavy atom. The number of hydrogen-bond acceptors (Lipinski definition) is 2. The highest BCUT2D eigenvalue weighted by Gasteiger charge is 2.21. The van der Waals surface area contributed by atoms with E-state index in [0.717, 1.165) is 22.5 Å². The van der Waals surface area contributed by atoms with Gasteiger partial charge in [-0.25, -0.2) is 9.18 Å². The number of benzene rings is 2. The van der Waals surface area contributed by atoms with Gasteiger partial charge in [0, 0.05) is 30.5 Å². The van der Waals surface area contributed by atoms with Crippen LogP contribution in [0.15, 0.2) is 42.5 Å². The van der Waals surface area contributed by atoms with E-state index in [2.05, 4.69) is 10.6 Å². The second-order valence-electron chi connectivity index (χ2n) is 5.86. The lowest BCUT2D eigenvalue weighted by Gasteiger charge is -2.19. The van der Waals surface area contributed by atoms with Gasteiger partial charge in [0.25, 0.3) is 0 Å². The summed E-state index contributed by atoms with van der Waals surface area (Å²) in [6, 6.07) is 12.6. The topological polar surface area (TPSA) is 44.4 Å². The summed E-state index contributed by atoms with van der Waals surface area (Å²) in [6.07, 6.45) is 0. The molecule has 1 saturated heterocycles. The van der Waals surface area contributed by atoms with Gasteiger partial charge < -0.3 is 10.6 Å². The number of halogens is 1. The smallest absolute Gasteiger partial charge is 0.321 e. The van der Waals surface area contributed by atoms with Crippen molar-refractivity contribution >= 4 is 17.4 Å². The molecule has 1 atom stereocenters. The van der Waals surface area contributed by atoms with E-state index in [4.69, 9.17) is 0 Å². The van der Waals surface area contributed by atoms with Gasteiger partial charge in [-0.2, -0.15) is 0 Å². The van der Waals surface area contributed by atoms with E-state index in [0.29, 0.717) is 13.1 Å². The van der Waals surface area contributed by atoms with E-state index in [1.165, 1.54) is 6.07 Å². The van der Waals surface area contributed by atoms with E-state index >= 15 is 0 Å². The third-order valence-corrected chi connectivity index (χ3v) is 3.96. The van der Waals surface area contributed by atoms with Crippen molar-refractivity contribution in [2.45, 2.75) is 19.9 Å². The van der Waals surface area contributed by atoms with Crippen molar-refractivity contribution in [2.75, 3.05) is 23.3 Å². The van der Waals surface area contributed by atoms with Gasteiger partial charge in [0.15, 0.2) is 0 Å². The summed E-state index contributed by atoms with van der Waals surface area (Å²) in [5.41, 5.74) is 3.55. The molecule has 2 aromatic rings. The highest BCUT2D eigenvalue weighted by molar-refractivity contribution is 5.94. The third-order valence-electron chi connectivity index (χ3n) is 3.96. The molecule has 5 heteroatoms. The zero-order chi connectivity index (χ0) is 16.4. The van der Waals surface area contributed by atoms with Crippen LogP contribution in [0.2, 0.25) is 0 Å². The predicted molar refractivity (Wildman–Crippen MR) is 90.4 cm³/mol. The van der Waals surface area contributed by atoms with Gasteiger partial charge in [-0.15, -0.1) is 0 Å². The first-order valence-corrected chi connectivity index (χ1v) is 7.72. The number of nitrogens with zero attached hydrogens (tertiary/aromatic N) is 1. The SMILES string of the molecule is Cc1cc(F)cc(C(C)Nc2cccc(N3CCNC3=O)c2)c1. The lowest BCUT2D eigenvalue weighted by Crippen LogP contribution is -2.27. The normalized spacial score (nSPS) is 15.4. The van der Waals surface area contributed by atoms with Crippen molar-refractivity contribution in [3.63, 3.8) is 0 Å². The van der Waals surface area contributed by atoms with Crippen molar-refractivity contribution < 1.29 is 9.18 Å². The predicted octanol–water partition coefficient (Wildman–Crippen LogP) is 3.84. The van der Waals surface area contributed by atoms with E-state index in [1.807, 2.05) is 44.2 Å². The molecule has 0 spiro atoms. The average Bonchev–Trinajstić information content (AvgIpc) is 2.92. The molecule has 1 unspecified atom stereocenters. The maximum Gasteiger partial charge on any atom is 0.321 e. The second-order valence-corrected chi connectivity index (χ2v) is 5.86. The third kappa shape index (κ3) is 3.44. The molecule has 2 N–H and O–H groups in total. The second kappa shape index (κ2) is 6.28. The highest BCUT2D eigenvalue weighted by Crippen LogP contribution is 2.25. The van der Waals surface area contributed by atoms with Gasteiger partial charge >= 0.3 is 6.03 Å². The maximum atomic E-state index is 13.6. The highest BCUT2D eigenvalue weighted by atomic mass is 19.1. The summed E-state index contributed by atoms with van der Waals surface area (Å²) >= 11 is 0. The Kier molecular flexibility index (Phi) is 4.19. The minimum Gasteiger partial charge on any atom is -0.378 e. The molecule has 23 heavy (non-hydrogen) atoms. The van der Waals surface area contributed by atoms with Crippen LogP contribution in [0.25, 0.3) is 0 Å². The average molecular weight is 313 g/mol. The van der Waals surface area contributed by atoms with Crippen LogP contribution in [0.1, 0.15) is 24.1 Å². The van der Waals surface area contributed by atoms with Crippen LogP contribution in [0.5, 0.6) is 0 Å². The molecule has 1 heterocycles. The minimum absolute atomic E-state index is 0.0351. The van der Waals surface area contributed by atoms with Gasteiger partial charge in [0.05, 0.1) is 0 Å². The molecule has 0 radical (unpaired) electrons. The Bertz CT molecular complexity index is 712. The van der Waals surface area contributed by atoms with Gasteiger partial charge in [-0.1, -0.05) is 12.1 Å². The monoisotopic (exact) mass is 313 g/mol. The number of hydrogen-bond donors (Lipinski definition) is 2. The van der Waals surface area contributed by atoms with Gasteiger partial charge in [-0.3, -0.25) is 4.90 Å². The van der Waals surface area contributed by atoms with Crippen molar-refractivity contribution in [3.8, 4) is 0 Å². The van der Waals surface area contributed by atoms with E-state index in [9.17, 15) is 9.18 Å². The fourth-order valence-electron chi connectivity index (χ4n) is 2.83. The molecule has 0 bridgehead atoms.